The molecule has 0 bridgehead atoms. The molecule has 1 amide bonds. The lowest BCUT2D eigenvalue weighted by Gasteiger charge is -2.24. The minimum absolute atomic E-state index is 0.0346. The lowest BCUT2D eigenvalue weighted by Crippen LogP contribution is -2.47. The summed E-state index contributed by atoms with van der Waals surface area (Å²) in [6.45, 7) is 2.05. The van der Waals surface area contributed by atoms with Crippen molar-refractivity contribution in [2.75, 3.05) is 19.1 Å². The molecule has 2 rings (SSSR count). The zero-order valence-electron chi connectivity index (χ0n) is 15.7. The SMILES string of the molecule is CSCCC(NS(=O)(=O)c1cc(Cl)ccc1Cl)C(=O)N(C)Cc1ccc(C)o1. The number of nitrogens with zero attached hydrogens (tertiary/aromatic N) is 1. The molecule has 0 radical (unpaired) electrons. The average molecular weight is 465 g/mol. The molecule has 6 nitrogen and oxygen atoms in total. The van der Waals surface area contributed by atoms with Crippen LogP contribution in [-0.4, -0.2) is 44.3 Å². The molecule has 1 aromatic heterocycles. The van der Waals surface area contributed by atoms with Gasteiger partial charge in [-0.3, -0.25) is 4.79 Å². The first-order valence-corrected chi connectivity index (χ1v) is 12.0. The Balaban J connectivity index is 2.21. The topological polar surface area (TPSA) is 79.6 Å². The third-order valence-electron chi connectivity index (χ3n) is 3.95. The second kappa shape index (κ2) is 10.0. The summed E-state index contributed by atoms with van der Waals surface area (Å²) >= 11 is 13.5. The van der Waals surface area contributed by atoms with E-state index in [0.717, 1.165) is 5.76 Å². The van der Waals surface area contributed by atoms with Crippen LogP contribution in [0, 0.1) is 6.92 Å². The van der Waals surface area contributed by atoms with Gasteiger partial charge in [0.05, 0.1) is 11.6 Å². The molecule has 1 N–H and O–H groups in total. The van der Waals surface area contributed by atoms with Gasteiger partial charge < -0.3 is 9.32 Å². The van der Waals surface area contributed by atoms with Crippen molar-refractivity contribution in [1.82, 2.24) is 9.62 Å². The highest BCUT2D eigenvalue weighted by atomic mass is 35.5. The van der Waals surface area contributed by atoms with Gasteiger partial charge in [-0.2, -0.15) is 16.5 Å². The first-order chi connectivity index (χ1) is 13.1. The maximum Gasteiger partial charge on any atom is 0.242 e. The number of thioether (sulfide) groups is 1. The predicted molar refractivity (Wildman–Crippen MR) is 113 cm³/mol. The summed E-state index contributed by atoms with van der Waals surface area (Å²) in [6.07, 6.45) is 2.22. The van der Waals surface area contributed by atoms with Crippen LogP contribution < -0.4 is 4.72 Å². The minimum atomic E-state index is -4.04. The Hall–Kier alpha value is -1.19. The number of nitrogens with one attached hydrogen (secondary N) is 1. The van der Waals surface area contributed by atoms with Gasteiger partial charge in [-0.15, -0.1) is 0 Å². The first kappa shape index (κ1) is 23.1. The molecule has 154 valence electrons. The van der Waals surface area contributed by atoms with Gasteiger partial charge in [0.2, 0.25) is 15.9 Å². The zero-order chi connectivity index (χ0) is 20.9. The van der Waals surface area contributed by atoms with E-state index >= 15 is 0 Å². The van der Waals surface area contributed by atoms with Gasteiger partial charge in [0.1, 0.15) is 22.5 Å². The van der Waals surface area contributed by atoms with Crippen molar-refractivity contribution in [3.05, 3.63) is 51.9 Å². The predicted octanol–water partition coefficient (Wildman–Crippen LogP) is 3.95. The second-order valence-electron chi connectivity index (χ2n) is 6.24. The third kappa shape index (κ3) is 6.15. The van der Waals surface area contributed by atoms with Crippen LogP contribution >= 0.6 is 35.0 Å². The highest BCUT2D eigenvalue weighted by Crippen LogP contribution is 2.25. The first-order valence-electron chi connectivity index (χ1n) is 8.40. The maximum absolute atomic E-state index is 12.9. The Morgan fingerprint density at radius 2 is 2.00 bits per heavy atom. The van der Waals surface area contributed by atoms with Crippen molar-refractivity contribution >= 4 is 50.9 Å². The number of benzene rings is 1. The van der Waals surface area contributed by atoms with E-state index in [1.165, 1.54) is 34.9 Å². The van der Waals surface area contributed by atoms with Crippen LogP contribution in [0.1, 0.15) is 17.9 Å². The number of hydrogen-bond acceptors (Lipinski definition) is 5. The highest BCUT2D eigenvalue weighted by molar-refractivity contribution is 7.98. The van der Waals surface area contributed by atoms with Crippen LogP contribution in [0.2, 0.25) is 10.0 Å². The van der Waals surface area contributed by atoms with E-state index < -0.39 is 16.1 Å². The molecular formula is C18H22Cl2N2O4S2. The Morgan fingerprint density at radius 3 is 2.61 bits per heavy atom. The lowest BCUT2D eigenvalue weighted by molar-refractivity contribution is -0.132. The number of carbonyl (C=O) groups excluding carboxylic acids is 1. The van der Waals surface area contributed by atoms with E-state index in [0.29, 0.717) is 17.9 Å². The number of rotatable bonds is 9. The number of carbonyl (C=O) groups is 1. The Bertz CT molecular complexity index is 931. The summed E-state index contributed by atoms with van der Waals surface area (Å²) in [5.41, 5.74) is 0. The number of amides is 1. The van der Waals surface area contributed by atoms with Crippen molar-refractivity contribution < 1.29 is 17.6 Å². The molecular weight excluding hydrogens is 443 g/mol. The van der Waals surface area contributed by atoms with Crippen molar-refractivity contribution in [2.45, 2.75) is 30.8 Å². The van der Waals surface area contributed by atoms with Crippen LogP contribution in [0.5, 0.6) is 0 Å². The number of halogens is 2. The van der Waals surface area contributed by atoms with Crippen LogP contribution in [0.3, 0.4) is 0 Å². The fraction of sp³-hybridized carbons (Fsp3) is 0.389. The molecule has 0 fully saturated rings. The molecule has 1 unspecified atom stereocenters. The Morgan fingerprint density at radius 1 is 1.29 bits per heavy atom. The molecule has 1 aromatic carbocycles. The number of furan rings is 1. The molecule has 0 aliphatic carbocycles. The molecule has 0 aliphatic rings. The maximum atomic E-state index is 12.9. The zero-order valence-corrected chi connectivity index (χ0v) is 18.9. The fourth-order valence-corrected chi connectivity index (χ4v) is 5.01. The third-order valence-corrected chi connectivity index (χ3v) is 6.79. The molecule has 1 heterocycles. The molecule has 1 atom stereocenters. The van der Waals surface area contributed by atoms with Crippen molar-refractivity contribution in [3.8, 4) is 0 Å². The quantitative estimate of drug-likeness (QED) is 0.607. The summed E-state index contributed by atoms with van der Waals surface area (Å²) in [5.74, 6) is 1.62. The standard InChI is InChI=1S/C18H22Cl2N2O4S2/c1-12-4-6-14(26-12)11-22(2)18(23)16(8-9-27-3)21-28(24,25)17-10-13(19)5-7-15(17)20/h4-7,10,16,21H,8-9,11H2,1-3H3. The Labute approximate surface area is 179 Å². The summed E-state index contributed by atoms with van der Waals surface area (Å²) < 4.78 is 33.6. The largest absolute Gasteiger partial charge is 0.464 e. The second-order valence-corrected chi connectivity index (χ2v) is 9.75. The molecule has 0 spiro atoms. The normalized spacial score (nSPS) is 12.8. The lowest BCUT2D eigenvalue weighted by atomic mass is 10.2. The van der Waals surface area contributed by atoms with Crippen LogP contribution in [0.15, 0.2) is 39.6 Å². The van der Waals surface area contributed by atoms with E-state index in [-0.39, 0.29) is 27.4 Å². The summed E-state index contributed by atoms with van der Waals surface area (Å²) in [4.78, 5) is 14.2. The molecule has 0 saturated heterocycles. The monoisotopic (exact) mass is 464 g/mol. The van der Waals surface area contributed by atoms with Crippen molar-refractivity contribution in [3.63, 3.8) is 0 Å². The van der Waals surface area contributed by atoms with Crippen LogP contribution in [0.4, 0.5) is 0 Å². The van der Waals surface area contributed by atoms with Gasteiger partial charge in [0.15, 0.2) is 0 Å². The van der Waals surface area contributed by atoms with Gasteiger partial charge >= 0.3 is 0 Å². The van der Waals surface area contributed by atoms with Crippen molar-refractivity contribution in [2.24, 2.45) is 0 Å². The molecule has 2 aromatic rings. The van der Waals surface area contributed by atoms with Crippen molar-refractivity contribution in [1.29, 1.82) is 0 Å². The van der Waals surface area contributed by atoms with Gasteiger partial charge in [-0.05, 0) is 55.7 Å². The number of aryl methyl sites for hydroxylation is 1. The van der Waals surface area contributed by atoms with E-state index in [2.05, 4.69) is 4.72 Å². The highest BCUT2D eigenvalue weighted by Gasteiger charge is 2.29. The molecule has 10 heteroatoms. The van der Waals surface area contributed by atoms with Crippen LogP contribution in [0.25, 0.3) is 0 Å². The van der Waals surface area contributed by atoms with Gasteiger partial charge in [0, 0.05) is 12.1 Å². The van der Waals surface area contributed by atoms with E-state index in [1.807, 2.05) is 19.2 Å². The average Bonchev–Trinajstić information content (AvgIpc) is 3.04. The number of sulfonamides is 1. The van der Waals surface area contributed by atoms with E-state index in [4.69, 9.17) is 27.6 Å². The van der Waals surface area contributed by atoms with Gasteiger partial charge in [-0.1, -0.05) is 23.2 Å². The van der Waals surface area contributed by atoms with Gasteiger partial charge in [0.25, 0.3) is 0 Å². The molecule has 28 heavy (non-hydrogen) atoms. The smallest absolute Gasteiger partial charge is 0.242 e. The fourth-order valence-electron chi connectivity index (χ4n) is 2.55. The molecule has 0 saturated carbocycles. The number of hydrogen-bond donors (Lipinski definition) is 1. The van der Waals surface area contributed by atoms with Gasteiger partial charge in [-0.25, -0.2) is 8.42 Å². The summed E-state index contributed by atoms with van der Waals surface area (Å²) in [7, 11) is -2.43. The summed E-state index contributed by atoms with van der Waals surface area (Å²) in [6, 6.07) is 6.82. The summed E-state index contributed by atoms with van der Waals surface area (Å²) in [5, 5.41) is 0.273. The number of likely N-dealkylation sites (N-methyl/N-ethyl adjacent to an activating group) is 1. The van der Waals surface area contributed by atoms with Crippen LogP contribution in [-0.2, 0) is 21.4 Å². The van der Waals surface area contributed by atoms with E-state index in [9.17, 15) is 13.2 Å². The molecule has 0 aliphatic heterocycles. The minimum Gasteiger partial charge on any atom is -0.464 e. The Kier molecular flexibility index (Phi) is 8.27. The van der Waals surface area contributed by atoms with E-state index in [1.54, 1.807) is 13.1 Å².